The van der Waals surface area contributed by atoms with Gasteiger partial charge in [0.1, 0.15) is 0 Å². The quantitative estimate of drug-likeness (QED) is 0.636. The second-order valence-electron chi connectivity index (χ2n) is 3.38. The van der Waals surface area contributed by atoms with Crippen molar-refractivity contribution in [3.05, 3.63) is 0 Å². The van der Waals surface area contributed by atoms with E-state index in [1.807, 2.05) is 0 Å². The van der Waals surface area contributed by atoms with Crippen LogP contribution in [-0.4, -0.2) is 43.5 Å². The number of carbonyl (C=O) groups excluding carboxylic acids is 2. The molecular formula is C8H11F3N2O4. The van der Waals surface area contributed by atoms with E-state index in [0.717, 1.165) is 0 Å². The van der Waals surface area contributed by atoms with Crippen molar-refractivity contribution < 1.29 is 32.2 Å². The number of alkyl halides is 3. The summed E-state index contributed by atoms with van der Waals surface area (Å²) in [5.74, 6) is -6.20. The van der Waals surface area contributed by atoms with Gasteiger partial charge in [-0.05, 0) is 13.0 Å². The average molecular weight is 256 g/mol. The highest BCUT2D eigenvalue weighted by atomic mass is 19.4. The van der Waals surface area contributed by atoms with Gasteiger partial charge < -0.3 is 20.5 Å². The topological polar surface area (TPSA) is 90.7 Å². The van der Waals surface area contributed by atoms with Crippen LogP contribution in [0.3, 0.4) is 0 Å². The van der Waals surface area contributed by atoms with Crippen molar-refractivity contribution in [2.24, 2.45) is 5.73 Å². The standard InChI is InChI=1S/C8H11F3N2O4/c9-8(10,11)6(15)17-7(5(12)14)4-13-2-1-3-16-7/h13H,1-4H2,(H2,12,14). The predicted molar refractivity (Wildman–Crippen MR) is 47.5 cm³/mol. The maximum atomic E-state index is 12.0. The molecule has 1 aliphatic rings. The summed E-state index contributed by atoms with van der Waals surface area (Å²) in [6.45, 7) is -0.0379. The molecular weight excluding hydrogens is 245 g/mol. The number of amides is 1. The minimum atomic E-state index is -5.21. The molecule has 0 spiro atoms. The first kappa shape index (κ1) is 13.7. The molecule has 1 aliphatic heterocycles. The van der Waals surface area contributed by atoms with Gasteiger partial charge in [-0.2, -0.15) is 13.2 Å². The Balaban J connectivity index is 2.85. The van der Waals surface area contributed by atoms with Crippen molar-refractivity contribution in [3.63, 3.8) is 0 Å². The van der Waals surface area contributed by atoms with Crippen LogP contribution < -0.4 is 11.1 Å². The summed E-state index contributed by atoms with van der Waals surface area (Å²) in [7, 11) is 0. The molecule has 0 radical (unpaired) electrons. The van der Waals surface area contributed by atoms with Gasteiger partial charge in [0, 0.05) is 0 Å². The Morgan fingerprint density at radius 3 is 2.59 bits per heavy atom. The molecule has 0 aliphatic carbocycles. The summed E-state index contributed by atoms with van der Waals surface area (Å²) < 4.78 is 45.0. The zero-order valence-corrected chi connectivity index (χ0v) is 8.67. The molecule has 1 heterocycles. The Bertz CT molecular complexity index is 310. The van der Waals surface area contributed by atoms with E-state index in [1.165, 1.54) is 0 Å². The highest BCUT2D eigenvalue weighted by Crippen LogP contribution is 2.23. The Morgan fingerprint density at radius 1 is 1.41 bits per heavy atom. The summed E-state index contributed by atoms with van der Waals surface area (Å²) in [4.78, 5) is 21.8. The van der Waals surface area contributed by atoms with E-state index >= 15 is 0 Å². The molecule has 1 saturated heterocycles. The number of esters is 1. The van der Waals surface area contributed by atoms with Crippen LogP contribution in [0.1, 0.15) is 6.42 Å². The fraction of sp³-hybridized carbons (Fsp3) is 0.750. The van der Waals surface area contributed by atoms with Gasteiger partial charge >= 0.3 is 17.9 Å². The van der Waals surface area contributed by atoms with Gasteiger partial charge in [0.05, 0.1) is 13.2 Å². The Kier molecular flexibility index (Phi) is 3.94. The second-order valence-corrected chi connectivity index (χ2v) is 3.38. The van der Waals surface area contributed by atoms with Crippen LogP contribution in [0.2, 0.25) is 0 Å². The van der Waals surface area contributed by atoms with Crippen LogP contribution in [-0.2, 0) is 19.1 Å². The lowest BCUT2D eigenvalue weighted by Crippen LogP contribution is -2.56. The highest BCUT2D eigenvalue weighted by Gasteiger charge is 2.50. The van der Waals surface area contributed by atoms with Crippen LogP contribution in [0.5, 0.6) is 0 Å². The molecule has 0 aromatic heterocycles. The predicted octanol–water partition coefficient (Wildman–Crippen LogP) is -0.717. The van der Waals surface area contributed by atoms with Gasteiger partial charge in [0.2, 0.25) is 0 Å². The number of nitrogens with one attached hydrogen (secondary N) is 1. The van der Waals surface area contributed by atoms with Crippen LogP contribution in [0.15, 0.2) is 0 Å². The minimum absolute atomic E-state index is 0.0406. The molecule has 1 fully saturated rings. The number of carbonyl (C=O) groups is 2. The lowest BCUT2D eigenvalue weighted by Gasteiger charge is -2.28. The molecule has 3 N–H and O–H groups in total. The Morgan fingerprint density at radius 2 is 2.06 bits per heavy atom. The molecule has 98 valence electrons. The second kappa shape index (κ2) is 4.88. The SMILES string of the molecule is NC(=O)C1(OC(=O)C(F)(F)F)CNCCCO1. The number of nitrogens with two attached hydrogens (primary N) is 1. The number of rotatable bonds is 2. The van der Waals surface area contributed by atoms with Gasteiger partial charge in [0.25, 0.3) is 5.91 Å². The molecule has 0 saturated carbocycles. The smallest absolute Gasteiger partial charge is 0.415 e. The Labute approximate surface area is 94.2 Å². The van der Waals surface area contributed by atoms with E-state index in [1.54, 1.807) is 0 Å². The number of hydrogen-bond acceptors (Lipinski definition) is 5. The normalized spacial score (nSPS) is 26.1. The molecule has 9 heteroatoms. The lowest BCUT2D eigenvalue weighted by molar-refractivity contribution is -0.251. The molecule has 0 aromatic carbocycles. The maximum Gasteiger partial charge on any atom is 0.491 e. The number of hydrogen-bond donors (Lipinski definition) is 2. The summed E-state index contributed by atoms with van der Waals surface area (Å²) in [6.07, 6.45) is -4.75. The largest absolute Gasteiger partial charge is 0.491 e. The van der Waals surface area contributed by atoms with Crippen molar-refractivity contribution in [2.45, 2.75) is 18.4 Å². The molecule has 6 nitrogen and oxygen atoms in total. The molecule has 1 unspecified atom stereocenters. The number of primary amides is 1. The first-order valence-electron chi connectivity index (χ1n) is 4.73. The van der Waals surface area contributed by atoms with E-state index in [0.29, 0.717) is 13.0 Å². The fourth-order valence-electron chi connectivity index (χ4n) is 1.22. The summed E-state index contributed by atoms with van der Waals surface area (Å²) in [5.41, 5.74) is 4.91. The van der Waals surface area contributed by atoms with Crippen LogP contribution in [0.4, 0.5) is 13.2 Å². The van der Waals surface area contributed by atoms with Crippen molar-refractivity contribution >= 4 is 11.9 Å². The third-order valence-electron chi connectivity index (χ3n) is 2.06. The first-order valence-corrected chi connectivity index (χ1v) is 4.73. The van der Waals surface area contributed by atoms with Crippen molar-refractivity contribution in [3.8, 4) is 0 Å². The van der Waals surface area contributed by atoms with E-state index < -0.39 is 30.4 Å². The van der Waals surface area contributed by atoms with Crippen LogP contribution in [0, 0.1) is 0 Å². The molecule has 1 atom stereocenters. The average Bonchev–Trinajstić information content (AvgIpc) is 2.42. The van der Waals surface area contributed by atoms with Crippen molar-refractivity contribution in [2.75, 3.05) is 19.7 Å². The molecule has 0 aromatic rings. The highest BCUT2D eigenvalue weighted by molar-refractivity contribution is 5.86. The van der Waals surface area contributed by atoms with Crippen LogP contribution in [0.25, 0.3) is 0 Å². The minimum Gasteiger partial charge on any atom is -0.415 e. The van der Waals surface area contributed by atoms with Crippen molar-refractivity contribution in [1.82, 2.24) is 5.32 Å². The van der Waals surface area contributed by atoms with E-state index in [2.05, 4.69) is 10.1 Å². The van der Waals surface area contributed by atoms with Gasteiger partial charge in [-0.15, -0.1) is 0 Å². The molecule has 0 bridgehead atoms. The van der Waals surface area contributed by atoms with E-state index in [4.69, 9.17) is 10.5 Å². The van der Waals surface area contributed by atoms with Gasteiger partial charge in [0.15, 0.2) is 0 Å². The third kappa shape index (κ3) is 3.30. The van der Waals surface area contributed by atoms with Crippen molar-refractivity contribution in [1.29, 1.82) is 0 Å². The molecule has 17 heavy (non-hydrogen) atoms. The molecule has 1 rings (SSSR count). The van der Waals surface area contributed by atoms with Gasteiger partial charge in [-0.1, -0.05) is 0 Å². The lowest BCUT2D eigenvalue weighted by atomic mass is 10.2. The summed E-state index contributed by atoms with van der Waals surface area (Å²) in [5, 5.41) is 2.61. The van der Waals surface area contributed by atoms with Crippen LogP contribution >= 0.6 is 0 Å². The number of halogens is 3. The van der Waals surface area contributed by atoms with Gasteiger partial charge in [-0.3, -0.25) is 4.79 Å². The summed E-state index contributed by atoms with van der Waals surface area (Å²) >= 11 is 0. The van der Waals surface area contributed by atoms with E-state index in [-0.39, 0.29) is 6.61 Å². The third-order valence-corrected chi connectivity index (χ3v) is 2.06. The zero-order chi connectivity index (χ0) is 13.1. The van der Waals surface area contributed by atoms with E-state index in [9.17, 15) is 22.8 Å². The summed E-state index contributed by atoms with van der Waals surface area (Å²) in [6, 6.07) is 0. The number of ether oxygens (including phenoxy) is 2. The van der Waals surface area contributed by atoms with Gasteiger partial charge in [-0.25, -0.2) is 4.79 Å². The zero-order valence-electron chi connectivity index (χ0n) is 8.67. The first-order chi connectivity index (χ1) is 7.78. The molecule has 1 amide bonds. The monoisotopic (exact) mass is 256 g/mol. The maximum absolute atomic E-state index is 12.0. The fourth-order valence-corrected chi connectivity index (χ4v) is 1.22. The Hall–Kier alpha value is -1.35.